The number of fused-ring (bicyclic) bond motifs is 1. The fourth-order valence-corrected chi connectivity index (χ4v) is 3.53. The molecule has 1 amide bonds. The fraction of sp³-hybridized carbons (Fsp3) is 0.286. The monoisotopic (exact) mass is 346 g/mol. The molecule has 1 aromatic heterocycles. The van der Waals surface area contributed by atoms with E-state index in [4.69, 9.17) is 0 Å². The van der Waals surface area contributed by atoms with Crippen LogP contribution in [0.1, 0.15) is 18.4 Å². The number of piperidine rings is 1. The van der Waals surface area contributed by atoms with E-state index in [-0.39, 0.29) is 11.8 Å². The third kappa shape index (κ3) is 3.52. The molecule has 2 heterocycles. The third-order valence-electron chi connectivity index (χ3n) is 5.00. The quantitative estimate of drug-likeness (QED) is 0.788. The zero-order chi connectivity index (χ0) is 17.8. The van der Waals surface area contributed by atoms with Crippen LogP contribution in [0, 0.1) is 5.92 Å². The van der Waals surface area contributed by atoms with Crippen LogP contribution >= 0.6 is 0 Å². The molecule has 4 rings (SSSR count). The molecular weight excluding hydrogens is 324 g/mol. The number of nitrogens with zero attached hydrogens (tertiary/aromatic N) is 3. The molecule has 2 aromatic carbocycles. The summed E-state index contributed by atoms with van der Waals surface area (Å²) in [5, 5.41) is 4.14. The summed E-state index contributed by atoms with van der Waals surface area (Å²) in [6.07, 6.45) is 3.31. The molecule has 0 bridgehead atoms. The molecule has 5 nitrogen and oxygen atoms in total. The van der Waals surface area contributed by atoms with E-state index in [0.29, 0.717) is 6.54 Å². The van der Waals surface area contributed by atoms with E-state index in [1.807, 2.05) is 48.5 Å². The van der Waals surface area contributed by atoms with Crippen molar-refractivity contribution in [3.8, 4) is 0 Å². The Balaban J connectivity index is 1.37. The standard InChI is InChI=1S/C21H22N4O/c26-21(22-14-16-6-2-1-3-7-16)17-10-12-25(13-11-17)20-18-8-4-5-9-19(18)23-15-24-20/h1-9,15,17H,10-14H2,(H,22,26). The lowest BCUT2D eigenvalue weighted by molar-refractivity contribution is -0.125. The predicted molar refractivity (Wildman–Crippen MR) is 103 cm³/mol. The van der Waals surface area contributed by atoms with Crippen molar-refractivity contribution in [2.75, 3.05) is 18.0 Å². The second-order valence-electron chi connectivity index (χ2n) is 6.68. The Morgan fingerprint density at radius 3 is 2.54 bits per heavy atom. The highest BCUT2D eigenvalue weighted by Gasteiger charge is 2.26. The first-order chi connectivity index (χ1) is 12.8. The minimum absolute atomic E-state index is 0.0723. The maximum atomic E-state index is 12.5. The molecule has 1 aliphatic rings. The van der Waals surface area contributed by atoms with Crippen molar-refractivity contribution < 1.29 is 4.79 Å². The van der Waals surface area contributed by atoms with Gasteiger partial charge in [0, 0.05) is 30.9 Å². The normalized spacial score (nSPS) is 15.2. The number of amides is 1. The Hall–Kier alpha value is -2.95. The van der Waals surface area contributed by atoms with Crippen LogP contribution in [0.3, 0.4) is 0 Å². The number of carbonyl (C=O) groups excluding carboxylic acids is 1. The van der Waals surface area contributed by atoms with Gasteiger partial charge in [-0.25, -0.2) is 9.97 Å². The van der Waals surface area contributed by atoms with Crippen LogP contribution < -0.4 is 10.2 Å². The molecule has 0 saturated carbocycles. The van der Waals surface area contributed by atoms with E-state index in [1.165, 1.54) is 0 Å². The van der Waals surface area contributed by atoms with Crippen LogP contribution in [-0.4, -0.2) is 29.0 Å². The van der Waals surface area contributed by atoms with Crippen molar-refractivity contribution in [2.24, 2.45) is 5.92 Å². The Kier molecular flexibility index (Phi) is 4.78. The van der Waals surface area contributed by atoms with Crippen molar-refractivity contribution in [3.63, 3.8) is 0 Å². The van der Waals surface area contributed by atoms with Crippen LogP contribution in [0.25, 0.3) is 10.9 Å². The SMILES string of the molecule is O=C(NCc1ccccc1)C1CCN(c2ncnc3ccccc23)CC1. The summed E-state index contributed by atoms with van der Waals surface area (Å²) in [7, 11) is 0. The fourth-order valence-electron chi connectivity index (χ4n) is 3.53. The number of hydrogen-bond donors (Lipinski definition) is 1. The molecule has 0 aliphatic carbocycles. The number of anilines is 1. The lowest BCUT2D eigenvalue weighted by atomic mass is 9.95. The van der Waals surface area contributed by atoms with Crippen LogP contribution in [0.4, 0.5) is 5.82 Å². The van der Waals surface area contributed by atoms with Crippen molar-refractivity contribution in [3.05, 3.63) is 66.5 Å². The van der Waals surface area contributed by atoms with Crippen LogP contribution in [0.5, 0.6) is 0 Å². The predicted octanol–water partition coefficient (Wildman–Crippen LogP) is 3.16. The lowest BCUT2D eigenvalue weighted by Gasteiger charge is -2.32. The van der Waals surface area contributed by atoms with Gasteiger partial charge in [0.15, 0.2) is 0 Å². The Morgan fingerprint density at radius 1 is 1.00 bits per heavy atom. The summed E-state index contributed by atoms with van der Waals surface area (Å²) in [5.41, 5.74) is 2.09. The van der Waals surface area contributed by atoms with Gasteiger partial charge in [0.2, 0.25) is 5.91 Å². The first-order valence-corrected chi connectivity index (χ1v) is 9.07. The highest BCUT2D eigenvalue weighted by Crippen LogP contribution is 2.27. The zero-order valence-corrected chi connectivity index (χ0v) is 14.6. The summed E-state index contributed by atoms with van der Waals surface area (Å²) < 4.78 is 0. The van der Waals surface area contributed by atoms with Gasteiger partial charge in [-0.05, 0) is 30.5 Å². The van der Waals surface area contributed by atoms with Crippen LogP contribution in [0.15, 0.2) is 60.9 Å². The van der Waals surface area contributed by atoms with Crippen molar-refractivity contribution in [1.82, 2.24) is 15.3 Å². The second-order valence-corrected chi connectivity index (χ2v) is 6.68. The van der Waals surface area contributed by atoms with Gasteiger partial charge < -0.3 is 10.2 Å². The maximum Gasteiger partial charge on any atom is 0.223 e. The number of para-hydroxylation sites is 1. The molecule has 132 valence electrons. The molecular formula is C21H22N4O. The first kappa shape index (κ1) is 16.5. The molecule has 0 spiro atoms. The molecule has 5 heteroatoms. The van der Waals surface area contributed by atoms with E-state index in [0.717, 1.165) is 48.2 Å². The number of carbonyl (C=O) groups is 1. The third-order valence-corrected chi connectivity index (χ3v) is 5.00. The van der Waals surface area contributed by atoms with Gasteiger partial charge in [0.25, 0.3) is 0 Å². The summed E-state index contributed by atoms with van der Waals surface area (Å²) in [6.45, 7) is 2.27. The molecule has 26 heavy (non-hydrogen) atoms. The maximum absolute atomic E-state index is 12.5. The molecule has 1 fully saturated rings. The average Bonchev–Trinajstić information content (AvgIpc) is 2.72. The minimum Gasteiger partial charge on any atom is -0.356 e. The number of benzene rings is 2. The van der Waals surface area contributed by atoms with Gasteiger partial charge in [-0.3, -0.25) is 4.79 Å². The summed E-state index contributed by atoms with van der Waals surface area (Å²) >= 11 is 0. The molecule has 0 atom stereocenters. The molecule has 3 aromatic rings. The zero-order valence-electron chi connectivity index (χ0n) is 14.6. The highest BCUT2D eigenvalue weighted by molar-refractivity contribution is 5.89. The molecule has 0 radical (unpaired) electrons. The minimum atomic E-state index is 0.0723. The van der Waals surface area contributed by atoms with Gasteiger partial charge in [-0.1, -0.05) is 42.5 Å². The summed E-state index contributed by atoms with van der Waals surface area (Å²) in [6, 6.07) is 18.1. The van der Waals surface area contributed by atoms with Gasteiger partial charge in [-0.15, -0.1) is 0 Å². The van der Waals surface area contributed by atoms with Crippen LogP contribution in [0.2, 0.25) is 0 Å². The number of nitrogens with one attached hydrogen (secondary N) is 1. The van der Waals surface area contributed by atoms with Gasteiger partial charge in [0.1, 0.15) is 12.1 Å². The lowest BCUT2D eigenvalue weighted by Crippen LogP contribution is -2.40. The first-order valence-electron chi connectivity index (χ1n) is 9.07. The van der Waals surface area contributed by atoms with E-state index >= 15 is 0 Å². The molecule has 1 aliphatic heterocycles. The summed E-state index contributed by atoms with van der Waals surface area (Å²) in [5.74, 6) is 1.20. The van der Waals surface area contributed by atoms with Crippen molar-refractivity contribution in [1.29, 1.82) is 0 Å². The van der Waals surface area contributed by atoms with E-state index in [9.17, 15) is 4.79 Å². The highest BCUT2D eigenvalue weighted by atomic mass is 16.1. The number of aromatic nitrogens is 2. The largest absolute Gasteiger partial charge is 0.356 e. The van der Waals surface area contributed by atoms with E-state index in [2.05, 4.69) is 26.3 Å². The Morgan fingerprint density at radius 2 is 1.73 bits per heavy atom. The Labute approximate surface area is 153 Å². The second kappa shape index (κ2) is 7.52. The van der Waals surface area contributed by atoms with Gasteiger partial charge >= 0.3 is 0 Å². The smallest absolute Gasteiger partial charge is 0.223 e. The Bertz CT molecular complexity index is 883. The molecule has 1 saturated heterocycles. The van der Waals surface area contributed by atoms with Crippen molar-refractivity contribution in [2.45, 2.75) is 19.4 Å². The number of hydrogen-bond acceptors (Lipinski definition) is 4. The molecule has 0 unspecified atom stereocenters. The van der Waals surface area contributed by atoms with Crippen LogP contribution in [-0.2, 0) is 11.3 Å². The van der Waals surface area contributed by atoms with Crippen molar-refractivity contribution >= 4 is 22.6 Å². The number of rotatable bonds is 4. The molecule has 1 N–H and O–H groups in total. The average molecular weight is 346 g/mol. The van der Waals surface area contributed by atoms with Gasteiger partial charge in [-0.2, -0.15) is 0 Å². The topological polar surface area (TPSA) is 58.1 Å². The van der Waals surface area contributed by atoms with E-state index < -0.39 is 0 Å². The van der Waals surface area contributed by atoms with Gasteiger partial charge in [0.05, 0.1) is 5.52 Å². The van der Waals surface area contributed by atoms with E-state index in [1.54, 1.807) is 6.33 Å². The summed E-state index contributed by atoms with van der Waals surface area (Å²) in [4.78, 5) is 23.6.